The molecule has 108 valence electrons. The molecule has 1 aliphatic heterocycles. The number of hydrogen-bond acceptors (Lipinski definition) is 3. The van der Waals surface area contributed by atoms with Crippen molar-refractivity contribution in [3.8, 4) is 0 Å². The maximum absolute atomic E-state index is 4.37. The molecule has 2 heterocycles. The predicted octanol–water partition coefficient (Wildman–Crippen LogP) is 2.63. The van der Waals surface area contributed by atoms with Gasteiger partial charge in [0, 0.05) is 18.4 Å². The van der Waals surface area contributed by atoms with E-state index >= 15 is 0 Å². The van der Waals surface area contributed by atoms with Crippen molar-refractivity contribution < 1.29 is 0 Å². The van der Waals surface area contributed by atoms with Crippen LogP contribution < -0.4 is 5.32 Å². The Hall–Kier alpha value is -0.640. The number of pyridine rings is 1. The number of hydrogen-bond donors (Lipinski definition) is 1. The molecule has 3 nitrogen and oxygen atoms in total. The summed E-state index contributed by atoms with van der Waals surface area (Å²) in [5.74, 6) is 0.920. The van der Waals surface area contributed by atoms with Gasteiger partial charge in [0.2, 0.25) is 0 Å². The SMILES string of the molecule is CNCCC1CCN(Cc2cccnc2C)CC1.Cl. The van der Waals surface area contributed by atoms with Crippen LogP contribution >= 0.6 is 12.4 Å². The van der Waals surface area contributed by atoms with Crippen LogP contribution in [0.3, 0.4) is 0 Å². The van der Waals surface area contributed by atoms with Crippen molar-refractivity contribution in [1.29, 1.82) is 0 Å². The molecule has 1 aromatic heterocycles. The molecule has 19 heavy (non-hydrogen) atoms. The third kappa shape index (κ3) is 5.09. The maximum Gasteiger partial charge on any atom is 0.0417 e. The zero-order chi connectivity index (χ0) is 12.8. The zero-order valence-corrected chi connectivity index (χ0v) is 12.9. The van der Waals surface area contributed by atoms with Crippen molar-refractivity contribution in [2.75, 3.05) is 26.7 Å². The predicted molar refractivity (Wildman–Crippen MR) is 82.8 cm³/mol. The number of nitrogens with zero attached hydrogens (tertiary/aromatic N) is 2. The van der Waals surface area contributed by atoms with Gasteiger partial charge in [0.15, 0.2) is 0 Å². The van der Waals surface area contributed by atoms with E-state index in [1.807, 2.05) is 19.3 Å². The Labute approximate surface area is 123 Å². The molecule has 0 radical (unpaired) electrons. The fraction of sp³-hybridized carbons (Fsp3) is 0.667. The molecule has 0 atom stereocenters. The second-order valence-electron chi connectivity index (χ2n) is 5.36. The Morgan fingerprint density at radius 3 is 2.74 bits per heavy atom. The van der Waals surface area contributed by atoms with Gasteiger partial charge in [0.05, 0.1) is 0 Å². The van der Waals surface area contributed by atoms with Crippen LogP contribution in [-0.4, -0.2) is 36.6 Å². The van der Waals surface area contributed by atoms with Gasteiger partial charge in [-0.3, -0.25) is 9.88 Å². The van der Waals surface area contributed by atoms with Gasteiger partial charge in [-0.25, -0.2) is 0 Å². The highest BCUT2D eigenvalue weighted by Gasteiger charge is 2.19. The summed E-state index contributed by atoms with van der Waals surface area (Å²) in [6.07, 6.45) is 5.90. The van der Waals surface area contributed by atoms with Crippen LogP contribution in [0.1, 0.15) is 30.5 Å². The summed E-state index contributed by atoms with van der Waals surface area (Å²) in [5, 5.41) is 3.25. The number of aromatic nitrogens is 1. The Kier molecular flexibility index (Phi) is 7.36. The maximum atomic E-state index is 4.37. The summed E-state index contributed by atoms with van der Waals surface area (Å²) >= 11 is 0. The van der Waals surface area contributed by atoms with Crippen molar-refractivity contribution in [3.63, 3.8) is 0 Å². The van der Waals surface area contributed by atoms with Crippen molar-refractivity contribution in [3.05, 3.63) is 29.6 Å². The summed E-state index contributed by atoms with van der Waals surface area (Å²) in [6.45, 7) is 6.81. The third-order valence-corrected chi connectivity index (χ3v) is 4.02. The summed E-state index contributed by atoms with van der Waals surface area (Å²) < 4.78 is 0. The Bertz CT molecular complexity index is 362. The second kappa shape index (κ2) is 8.51. The molecular formula is C15H26ClN3. The number of halogens is 1. The summed E-state index contributed by atoms with van der Waals surface area (Å²) in [5.41, 5.74) is 2.56. The summed E-state index contributed by atoms with van der Waals surface area (Å²) in [4.78, 5) is 6.93. The monoisotopic (exact) mass is 283 g/mol. The lowest BCUT2D eigenvalue weighted by atomic mass is 9.93. The largest absolute Gasteiger partial charge is 0.320 e. The average Bonchev–Trinajstić information content (AvgIpc) is 2.41. The minimum absolute atomic E-state index is 0. The van der Waals surface area contributed by atoms with E-state index in [4.69, 9.17) is 0 Å². The molecule has 1 N–H and O–H groups in total. The van der Waals surface area contributed by atoms with E-state index in [1.54, 1.807) is 0 Å². The zero-order valence-electron chi connectivity index (χ0n) is 12.1. The molecule has 0 amide bonds. The summed E-state index contributed by atoms with van der Waals surface area (Å²) in [7, 11) is 2.04. The molecular weight excluding hydrogens is 258 g/mol. The lowest BCUT2D eigenvalue weighted by Gasteiger charge is -2.32. The first-order valence-electron chi connectivity index (χ1n) is 7.07. The normalized spacial score (nSPS) is 17.2. The average molecular weight is 284 g/mol. The van der Waals surface area contributed by atoms with E-state index in [-0.39, 0.29) is 12.4 Å². The molecule has 4 heteroatoms. The number of piperidine rings is 1. The molecule has 0 bridgehead atoms. The first-order chi connectivity index (χ1) is 8.79. The van der Waals surface area contributed by atoms with Crippen molar-refractivity contribution in [2.45, 2.75) is 32.7 Å². The van der Waals surface area contributed by atoms with Gasteiger partial charge in [-0.2, -0.15) is 0 Å². The van der Waals surface area contributed by atoms with E-state index in [9.17, 15) is 0 Å². The number of nitrogens with one attached hydrogen (secondary N) is 1. The quantitative estimate of drug-likeness (QED) is 0.900. The second-order valence-corrected chi connectivity index (χ2v) is 5.36. The van der Waals surface area contributed by atoms with Gasteiger partial charge in [0.25, 0.3) is 0 Å². The minimum atomic E-state index is 0. The molecule has 0 aromatic carbocycles. The van der Waals surface area contributed by atoms with Crippen LogP contribution in [0.25, 0.3) is 0 Å². The first-order valence-corrected chi connectivity index (χ1v) is 7.07. The smallest absolute Gasteiger partial charge is 0.0417 e. The van der Waals surface area contributed by atoms with Crippen molar-refractivity contribution in [1.82, 2.24) is 15.2 Å². The van der Waals surface area contributed by atoms with Gasteiger partial charge in [-0.05, 0) is 70.4 Å². The fourth-order valence-electron chi connectivity index (χ4n) is 2.71. The molecule has 2 rings (SSSR count). The van der Waals surface area contributed by atoms with Gasteiger partial charge in [0.1, 0.15) is 0 Å². The van der Waals surface area contributed by atoms with Gasteiger partial charge in [-0.15, -0.1) is 12.4 Å². The molecule has 1 fully saturated rings. The third-order valence-electron chi connectivity index (χ3n) is 4.02. The highest BCUT2D eigenvalue weighted by Crippen LogP contribution is 2.21. The molecule has 1 aliphatic rings. The van der Waals surface area contributed by atoms with Crippen LogP contribution in [0, 0.1) is 12.8 Å². The Balaban J connectivity index is 0.00000180. The minimum Gasteiger partial charge on any atom is -0.320 e. The molecule has 0 saturated carbocycles. The Morgan fingerprint density at radius 2 is 2.11 bits per heavy atom. The summed E-state index contributed by atoms with van der Waals surface area (Å²) in [6, 6.07) is 4.25. The van der Waals surface area contributed by atoms with Crippen molar-refractivity contribution in [2.24, 2.45) is 5.92 Å². The van der Waals surface area contributed by atoms with Crippen LogP contribution in [0.15, 0.2) is 18.3 Å². The first kappa shape index (κ1) is 16.4. The van der Waals surface area contributed by atoms with Gasteiger partial charge >= 0.3 is 0 Å². The van der Waals surface area contributed by atoms with Crippen LogP contribution in [0.4, 0.5) is 0 Å². The number of aryl methyl sites for hydroxylation is 1. The molecule has 1 saturated heterocycles. The van der Waals surface area contributed by atoms with E-state index in [2.05, 4.69) is 28.2 Å². The standard InChI is InChI=1S/C15H25N3.ClH/c1-13-15(4-3-8-17-13)12-18-10-6-14(7-11-18)5-9-16-2;/h3-4,8,14,16H,5-7,9-12H2,1-2H3;1H. The lowest BCUT2D eigenvalue weighted by Crippen LogP contribution is -2.34. The van der Waals surface area contributed by atoms with E-state index in [0.717, 1.165) is 19.0 Å². The molecule has 0 unspecified atom stereocenters. The van der Waals surface area contributed by atoms with Crippen LogP contribution in [-0.2, 0) is 6.54 Å². The highest BCUT2D eigenvalue weighted by atomic mass is 35.5. The van der Waals surface area contributed by atoms with Crippen molar-refractivity contribution >= 4 is 12.4 Å². The number of rotatable bonds is 5. The topological polar surface area (TPSA) is 28.2 Å². The van der Waals surface area contributed by atoms with E-state index in [0.29, 0.717) is 0 Å². The van der Waals surface area contributed by atoms with E-state index in [1.165, 1.54) is 43.6 Å². The molecule has 1 aromatic rings. The van der Waals surface area contributed by atoms with Crippen LogP contribution in [0.2, 0.25) is 0 Å². The Morgan fingerprint density at radius 1 is 1.37 bits per heavy atom. The van der Waals surface area contributed by atoms with Gasteiger partial charge < -0.3 is 5.32 Å². The van der Waals surface area contributed by atoms with Gasteiger partial charge in [-0.1, -0.05) is 6.07 Å². The van der Waals surface area contributed by atoms with E-state index < -0.39 is 0 Å². The number of likely N-dealkylation sites (tertiary alicyclic amines) is 1. The molecule has 0 spiro atoms. The molecule has 0 aliphatic carbocycles. The lowest BCUT2D eigenvalue weighted by molar-refractivity contribution is 0.172. The highest BCUT2D eigenvalue weighted by molar-refractivity contribution is 5.85. The fourth-order valence-corrected chi connectivity index (χ4v) is 2.71. The van der Waals surface area contributed by atoms with Crippen LogP contribution in [0.5, 0.6) is 0 Å².